The maximum atomic E-state index is 2.52. The number of rotatable bonds is 4. The summed E-state index contributed by atoms with van der Waals surface area (Å²) >= 11 is 0. The van der Waals surface area contributed by atoms with Crippen molar-refractivity contribution in [3.63, 3.8) is 0 Å². The van der Waals surface area contributed by atoms with Gasteiger partial charge in [0, 0.05) is 33.8 Å². The average molecular weight is 563 g/mol. The van der Waals surface area contributed by atoms with E-state index in [1.54, 1.807) is 0 Å². The zero-order valence-corrected chi connectivity index (χ0v) is 24.2. The molecule has 0 spiro atoms. The Hall–Kier alpha value is -5.60. The Kier molecular flexibility index (Phi) is 5.67. The summed E-state index contributed by atoms with van der Waals surface area (Å²) < 4.78 is 2.38. The summed E-state index contributed by atoms with van der Waals surface area (Å²) in [5.74, 6) is 0.225. The maximum absolute atomic E-state index is 2.52. The van der Waals surface area contributed by atoms with Crippen LogP contribution in [-0.4, -0.2) is 10.6 Å². The zero-order chi connectivity index (χ0) is 29.0. The van der Waals surface area contributed by atoms with Crippen molar-refractivity contribution in [3.8, 4) is 16.8 Å². The smallest absolute Gasteiger partial charge is 0.0630 e. The number of anilines is 2. The van der Waals surface area contributed by atoms with Crippen LogP contribution < -0.4 is 4.90 Å². The number of fused-ring (bicyclic) bond motifs is 6. The average Bonchev–Trinajstić information content (AvgIpc) is 3.61. The first-order valence-electron chi connectivity index (χ1n) is 15.4. The summed E-state index contributed by atoms with van der Waals surface area (Å²) in [5, 5.41) is 2.56. The first kappa shape index (κ1) is 24.9. The molecule has 1 aliphatic heterocycles. The first-order valence-corrected chi connectivity index (χ1v) is 15.4. The van der Waals surface area contributed by atoms with Crippen molar-refractivity contribution in [2.75, 3.05) is 4.90 Å². The number of hydrogen-bond acceptors (Lipinski definition) is 1. The molecule has 2 nitrogen and oxygen atoms in total. The van der Waals surface area contributed by atoms with E-state index < -0.39 is 0 Å². The molecule has 6 aromatic carbocycles. The lowest BCUT2D eigenvalue weighted by Crippen LogP contribution is -2.28. The number of para-hydroxylation sites is 3. The van der Waals surface area contributed by atoms with Crippen LogP contribution in [0.3, 0.4) is 0 Å². The van der Waals surface area contributed by atoms with Crippen molar-refractivity contribution in [2.24, 2.45) is 0 Å². The van der Waals surface area contributed by atoms with Crippen molar-refractivity contribution in [1.82, 2.24) is 4.57 Å². The summed E-state index contributed by atoms with van der Waals surface area (Å²) in [6.07, 6.45) is 7.26. The highest BCUT2D eigenvalue weighted by atomic mass is 15.2. The van der Waals surface area contributed by atoms with Gasteiger partial charge in [-0.25, -0.2) is 0 Å². The van der Waals surface area contributed by atoms with E-state index in [2.05, 4.69) is 179 Å². The topological polar surface area (TPSA) is 8.17 Å². The summed E-state index contributed by atoms with van der Waals surface area (Å²) in [6.45, 7) is 0. The van der Waals surface area contributed by atoms with Crippen molar-refractivity contribution in [2.45, 2.75) is 12.0 Å². The summed E-state index contributed by atoms with van der Waals surface area (Å²) in [5.41, 5.74) is 12.6. The quantitative estimate of drug-likeness (QED) is 0.207. The van der Waals surface area contributed by atoms with Crippen LogP contribution >= 0.6 is 0 Å². The van der Waals surface area contributed by atoms with Crippen LogP contribution in [0, 0.1) is 0 Å². The Morgan fingerprint density at radius 3 is 1.98 bits per heavy atom. The molecule has 0 bridgehead atoms. The molecule has 0 N–H and O–H groups in total. The van der Waals surface area contributed by atoms with E-state index >= 15 is 0 Å². The molecule has 1 aromatic heterocycles. The van der Waals surface area contributed by atoms with E-state index in [0.29, 0.717) is 0 Å². The van der Waals surface area contributed by atoms with E-state index in [1.807, 2.05) is 0 Å². The SMILES string of the molecule is C1=CC2C(C=C1c1ccc3c(c1)c1ccccc1n3-c1ccccc1)c1c(-c3ccccc3)cccc1N2c1ccccc1. The molecule has 0 saturated carbocycles. The zero-order valence-electron chi connectivity index (χ0n) is 24.2. The van der Waals surface area contributed by atoms with Gasteiger partial charge in [0.2, 0.25) is 0 Å². The Bertz CT molecular complexity index is 2220. The highest BCUT2D eigenvalue weighted by Gasteiger charge is 2.40. The molecule has 7 aromatic rings. The van der Waals surface area contributed by atoms with Gasteiger partial charge in [-0.05, 0) is 76.4 Å². The van der Waals surface area contributed by atoms with Crippen molar-refractivity contribution in [3.05, 3.63) is 181 Å². The monoisotopic (exact) mass is 562 g/mol. The first-order chi connectivity index (χ1) is 21.8. The van der Waals surface area contributed by atoms with Gasteiger partial charge in [-0.15, -0.1) is 0 Å². The van der Waals surface area contributed by atoms with Crippen molar-refractivity contribution < 1.29 is 0 Å². The second-order valence-corrected chi connectivity index (χ2v) is 11.7. The summed E-state index contributed by atoms with van der Waals surface area (Å²) in [4.78, 5) is 2.52. The molecule has 2 aliphatic rings. The molecule has 2 heteroatoms. The summed E-state index contributed by atoms with van der Waals surface area (Å²) in [7, 11) is 0. The molecule has 2 heterocycles. The number of nitrogens with zero attached hydrogens (tertiary/aromatic N) is 2. The van der Waals surface area contributed by atoms with Crippen LogP contribution in [0.1, 0.15) is 17.0 Å². The number of hydrogen-bond donors (Lipinski definition) is 0. The maximum Gasteiger partial charge on any atom is 0.0630 e. The Labute approximate surface area is 257 Å². The second kappa shape index (κ2) is 10.00. The number of benzene rings is 6. The lowest BCUT2D eigenvalue weighted by molar-refractivity contribution is 0.748. The third-order valence-electron chi connectivity index (χ3n) is 9.31. The Morgan fingerprint density at radius 2 is 1.18 bits per heavy atom. The predicted molar refractivity (Wildman–Crippen MR) is 185 cm³/mol. The highest BCUT2D eigenvalue weighted by Crippen LogP contribution is 2.52. The van der Waals surface area contributed by atoms with Gasteiger partial charge < -0.3 is 9.47 Å². The normalized spacial score (nSPS) is 17.1. The molecule has 44 heavy (non-hydrogen) atoms. The molecule has 2 unspecified atom stereocenters. The fourth-order valence-electron chi connectivity index (χ4n) is 7.41. The highest BCUT2D eigenvalue weighted by molar-refractivity contribution is 6.10. The van der Waals surface area contributed by atoms with Gasteiger partial charge in [0.25, 0.3) is 0 Å². The van der Waals surface area contributed by atoms with Crippen LogP contribution in [0.25, 0.3) is 44.2 Å². The molecule has 1 aliphatic carbocycles. The van der Waals surface area contributed by atoms with Gasteiger partial charge >= 0.3 is 0 Å². The molecule has 0 fully saturated rings. The molecule has 208 valence electrons. The van der Waals surface area contributed by atoms with Crippen molar-refractivity contribution >= 4 is 38.8 Å². The lowest BCUT2D eigenvalue weighted by Gasteiger charge is -2.29. The third kappa shape index (κ3) is 3.81. The van der Waals surface area contributed by atoms with Crippen LogP contribution in [-0.2, 0) is 0 Å². The van der Waals surface area contributed by atoms with Gasteiger partial charge in [-0.3, -0.25) is 0 Å². The molecule has 0 amide bonds. The molecular formula is C42H30N2. The van der Waals surface area contributed by atoms with Gasteiger partial charge in [-0.2, -0.15) is 0 Å². The molecule has 2 atom stereocenters. The van der Waals surface area contributed by atoms with Gasteiger partial charge in [0.05, 0.1) is 17.1 Å². The lowest BCUT2D eigenvalue weighted by atomic mass is 9.83. The minimum Gasteiger partial charge on any atom is -0.333 e. The Morgan fingerprint density at radius 1 is 0.500 bits per heavy atom. The third-order valence-corrected chi connectivity index (χ3v) is 9.31. The summed E-state index contributed by atoms with van der Waals surface area (Å²) in [6, 6.07) is 55.1. The van der Waals surface area contributed by atoms with Gasteiger partial charge in [0.15, 0.2) is 0 Å². The van der Waals surface area contributed by atoms with Crippen molar-refractivity contribution in [1.29, 1.82) is 0 Å². The largest absolute Gasteiger partial charge is 0.333 e. The fraction of sp³-hybridized carbons (Fsp3) is 0.0476. The van der Waals surface area contributed by atoms with Crippen LogP contribution in [0.15, 0.2) is 170 Å². The molecule has 0 radical (unpaired) electrons. The number of allylic oxidation sites excluding steroid dienone is 2. The molecule has 9 rings (SSSR count). The van der Waals surface area contributed by atoms with E-state index in [4.69, 9.17) is 0 Å². The minimum absolute atomic E-state index is 0.213. The molecular weight excluding hydrogens is 532 g/mol. The predicted octanol–water partition coefficient (Wildman–Crippen LogP) is 10.7. The van der Waals surface area contributed by atoms with E-state index in [1.165, 1.54) is 66.7 Å². The van der Waals surface area contributed by atoms with E-state index in [9.17, 15) is 0 Å². The van der Waals surface area contributed by atoms with Gasteiger partial charge in [-0.1, -0.05) is 121 Å². The van der Waals surface area contributed by atoms with E-state index in [-0.39, 0.29) is 12.0 Å². The fourth-order valence-corrected chi connectivity index (χ4v) is 7.41. The Balaban J connectivity index is 1.22. The van der Waals surface area contributed by atoms with E-state index in [0.717, 1.165) is 0 Å². The van der Waals surface area contributed by atoms with Crippen LogP contribution in [0.2, 0.25) is 0 Å². The molecule has 0 saturated heterocycles. The number of aromatic nitrogens is 1. The minimum atomic E-state index is 0.213. The van der Waals surface area contributed by atoms with Crippen LogP contribution in [0.4, 0.5) is 11.4 Å². The standard InChI is InChI=1S/C42H30N2/c1-4-13-29(14-5-1)34-20-12-22-41-42(34)37-28-31(24-26-40(37)44(41)33-17-8-3-9-18-33)30-23-25-39-36(27-30)35-19-10-11-21-38(35)43(39)32-15-6-2-7-16-32/h1-28,37,40H. The van der Waals surface area contributed by atoms with Gasteiger partial charge in [0.1, 0.15) is 0 Å². The second-order valence-electron chi connectivity index (χ2n) is 11.7. The van der Waals surface area contributed by atoms with Crippen LogP contribution in [0.5, 0.6) is 0 Å².